The van der Waals surface area contributed by atoms with Gasteiger partial charge in [0.2, 0.25) is 5.91 Å². The van der Waals surface area contributed by atoms with Crippen molar-refractivity contribution >= 4 is 34.2 Å². The first-order valence-electron chi connectivity index (χ1n) is 10.4. The van der Waals surface area contributed by atoms with E-state index in [4.69, 9.17) is 4.74 Å². The number of rotatable bonds is 5. The maximum Gasteiger partial charge on any atom is 0.341 e. The lowest BCUT2D eigenvalue weighted by molar-refractivity contribution is -0.313. The fourth-order valence-corrected chi connectivity index (χ4v) is 6.30. The lowest BCUT2D eigenvalue weighted by atomic mass is 9.82. The zero-order valence-electron chi connectivity index (χ0n) is 16.7. The van der Waals surface area contributed by atoms with Crippen LogP contribution in [-0.2, 0) is 27.2 Å². The second kappa shape index (κ2) is 7.94. The van der Waals surface area contributed by atoms with Crippen molar-refractivity contribution in [3.05, 3.63) is 28.2 Å². The Balaban J connectivity index is 1.64. The van der Waals surface area contributed by atoms with E-state index in [0.717, 1.165) is 42.5 Å². The molecule has 3 aliphatic rings. The molecule has 4 atom stereocenters. The van der Waals surface area contributed by atoms with E-state index in [0.29, 0.717) is 17.0 Å². The van der Waals surface area contributed by atoms with Gasteiger partial charge in [0.05, 0.1) is 17.6 Å². The molecule has 156 valence electrons. The maximum atomic E-state index is 13.1. The fraction of sp³-hybridized carbons (Fsp3) is 0.591. The number of esters is 1. The number of fused-ring (bicyclic) bond motifs is 3. The Labute approximate surface area is 174 Å². The van der Waals surface area contributed by atoms with Crippen LogP contribution in [0.2, 0.25) is 0 Å². The van der Waals surface area contributed by atoms with Crippen LogP contribution in [0.5, 0.6) is 0 Å². The van der Waals surface area contributed by atoms with Crippen molar-refractivity contribution in [1.29, 1.82) is 0 Å². The molecule has 3 aliphatic carbocycles. The second-order valence-electron chi connectivity index (χ2n) is 8.53. The zero-order chi connectivity index (χ0) is 20.7. The average molecular weight is 417 g/mol. The molecule has 1 N–H and O–H groups in total. The number of nitrogens with one attached hydrogen (secondary N) is 1. The minimum Gasteiger partial charge on any atom is -0.550 e. The Bertz CT molecular complexity index is 871. The summed E-state index contributed by atoms with van der Waals surface area (Å²) in [6.07, 6.45) is 9.09. The van der Waals surface area contributed by atoms with Crippen LogP contribution in [0.25, 0.3) is 0 Å². The molecule has 2 bridgehead atoms. The molecule has 0 aromatic carbocycles. The molecule has 1 heterocycles. The van der Waals surface area contributed by atoms with Crippen molar-refractivity contribution in [3.8, 4) is 0 Å². The number of aliphatic carboxylic acids is 1. The van der Waals surface area contributed by atoms with Gasteiger partial charge < -0.3 is 20.0 Å². The van der Waals surface area contributed by atoms with Crippen molar-refractivity contribution in [2.24, 2.45) is 23.7 Å². The molecule has 29 heavy (non-hydrogen) atoms. The monoisotopic (exact) mass is 416 g/mol. The zero-order valence-corrected chi connectivity index (χ0v) is 17.6. The number of aryl methyl sites for hydroxylation is 1. The Morgan fingerprint density at radius 1 is 1.10 bits per heavy atom. The van der Waals surface area contributed by atoms with Crippen molar-refractivity contribution in [2.75, 3.05) is 5.32 Å². The molecule has 1 amide bonds. The van der Waals surface area contributed by atoms with Crippen LogP contribution in [0, 0.1) is 23.7 Å². The summed E-state index contributed by atoms with van der Waals surface area (Å²) >= 11 is 1.43. The second-order valence-corrected chi connectivity index (χ2v) is 9.64. The van der Waals surface area contributed by atoms with E-state index < -0.39 is 23.8 Å². The Kier molecular flexibility index (Phi) is 5.51. The number of allylic oxidation sites excluding steroid dienone is 2. The third-order valence-electron chi connectivity index (χ3n) is 6.24. The van der Waals surface area contributed by atoms with Gasteiger partial charge >= 0.3 is 5.97 Å². The summed E-state index contributed by atoms with van der Waals surface area (Å²) in [7, 11) is 0. The highest BCUT2D eigenvalue weighted by Crippen LogP contribution is 2.48. The number of anilines is 1. The lowest BCUT2D eigenvalue weighted by Crippen LogP contribution is -2.42. The third-order valence-corrected chi connectivity index (χ3v) is 7.45. The van der Waals surface area contributed by atoms with Gasteiger partial charge in [0.15, 0.2) is 0 Å². The molecule has 1 aromatic rings. The molecule has 1 aromatic heterocycles. The number of carbonyl (C=O) groups is 3. The Morgan fingerprint density at radius 2 is 1.79 bits per heavy atom. The van der Waals surface area contributed by atoms with Gasteiger partial charge in [-0.3, -0.25) is 4.79 Å². The highest BCUT2D eigenvalue weighted by Gasteiger charge is 2.49. The topological polar surface area (TPSA) is 95.5 Å². The highest BCUT2D eigenvalue weighted by atomic mass is 32.1. The minimum atomic E-state index is -1.18. The van der Waals surface area contributed by atoms with Gasteiger partial charge in [0, 0.05) is 16.8 Å². The molecular weight excluding hydrogens is 390 g/mol. The first-order chi connectivity index (χ1) is 13.9. The molecule has 0 radical (unpaired) electrons. The molecule has 4 rings (SSSR count). The first kappa shape index (κ1) is 20.1. The van der Waals surface area contributed by atoms with Crippen LogP contribution < -0.4 is 10.4 Å². The van der Waals surface area contributed by atoms with Crippen molar-refractivity contribution < 1.29 is 24.2 Å². The van der Waals surface area contributed by atoms with Gasteiger partial charge in [-0.2, -0.15) is 0 Å². The van der Waals surface area contributed by atoms with Crippen molar-refractivity contribution in [3.63, 3.8) is 0 Å². The number of ether oxygens (including phenoxy) is 1. The van der Waals surface area contributed by atoms with Gasteiger partial charge in [-0.15, -0.1) is 11.3 Å². The fourth-order valence-electron chi connectivity index (χ4n) is 5.02. The standard InChI is InChI=1S/C22H27NO5S/c1-11(2)28-22(27)18-14-6-4-3-5-7-15(14)29-20(18)23-19(24)16-12-8-9-13(10-12)17(16)21(25)26/h8-9,11-13,16-17H,3-7,10H2,1-2H3,(H,23,24)(H,25,26)/p-1/t12-,13+,16-,17+/m1/s1. The van der Waals surface area contributed by atoms with E-state index in [1.54, 1.807) is 13.8 Å². The molecule has 6 nitrogen and oxygen atoms in total. The Morgan fingerprint density at radius 3 is 2.48 bits per heavy atom. The van der Waals surface area contributed by atoms with Crippen LogP contribution in [0.15, 0.2) is 12.2 Å². The van der Waals surface area contributed by atoms with E-state index in [1.165, 1.54) is 11.3 Å². The van der Waals surface area contributed by atoms with Gasteiger partial charge in [-0.05, 0) is 63.4 Å². The summed E-state index contributed by atoms with van der Waals surface area (Å²) in [5.41, 5.74) is 1.44. The molecule has 0 unspecified atom stereocenters. The van der Waals surface area contributed by atoms with E-state index in [-0.39, 0.29) is 23.8 Å². The summed E-state index contributed by atoms with van der Waals surface area (Å²) in [5, 5.41) is 15.1. The predicted molar refractivity (Wildman–Crippen MR) is 107 cm³/mol. The molecule has 1 saturated carbocycles. The highest BCUT2D eigenvalue weighted by molar-refractivity contribution is 7.17. The van der Waals surface area contributed by atoms with Crippen LogP contribution >= 0.6 is 11.3 Å². The SMILES string of the molecule is CC(C)OC(=O)c1c(NC(=O)[C@H]2[C@@H](C(=O)[O-])[C@H]3C=C[C@@H]2C3)sc2c1CCCCC2. The molecule has 0 aliphatic heterocycles. The maximum absolute atomic E-state index is 13.1. The summed E-state index contributed by atoms with van der Waals surface area (Å²) in [6, 6.07) is 0. The summed E-state index contributed by atoms with van der Waals surface area (Å²) < 4.78 is 5.46. The largest absolute Gasteiger partial charge is 0.550 e. The summed E-state index contributed by atoms with van der Waals surface area (Å²) in [5.74, 6) is -3.65. The van der Waals surface area contributed by atoms with Gasteiger partial charge in [-0.1, -0.05) is 18.6 Å². The summed E-state index contributed by atoms with van der Waals surface area (Å²) in [6.45, 7) is 3.60. The molecule has 0 saturated heterocycles. The minimum absolute atomic E-state index is 0.0910. The third kappa shape index (κ3) is 3.72. The van der Waals surface area contributed by atoms with Gasteiger partial charge in [0.1, 0.15) is 5.00 Å². The summed E-state index contributed by atoms with van der Waals surface area (Å²) in [4.78, 5) is 38.7. The molecule has 7 heteroatoms. The van der Waals surface area contributed by atoms with Crippen LogP contribution in [0.4, 0.5) is 5.00 Å². The molecular formula is C22H26NO5S-. The number of carbonyl (C=O) groups excluding carboxylic acids is 3. The first-order valence-corrected chi connectivity index (χ1v) is 11.2. The number of hydrogen-bond acceptors (Lipinski definition) is 6. The van der Waals surface area contributed by atoms with Gasteiger partial charge in [0.25, 0.3) is 0 Å². The Hall–Kier alpha value is -2.15. The van der Waals surface area contributed by atoms with E-state index in [2.05, 4.69) is 5.32 Å². The lowest BCUT2D eigenvalue weighted by Gasteiger charge is -2.27. The van der Waals surface area contributed by atoms with E-state index >= 15 is 0 Å². The number of carboxylic acids is 1. The smallest absolute Gasteiger partial charge is 0.341 e. The number of hydrogen-bond donors (Lipinski definition) is 1. The van der Waals surface area contributed by atoms with Gasteiger partial charge in [-0.25, -0.2) is 4.79 Å². The normalized spacial score (nSPS) is 27.6. The molecule has 0 spiro atoms. The van der Waals surface area contributed by atoms with Crippen LogP contribution in [-0.4, -0.2) is 23.9 Å². The van der Waals surface area contributed by atoms with Crippen LogP contribution in [0.3, 0.4) is 0 Å². The predicted octanol–water partition coefficient (Wildman–Crippen LogP) is 2.71. The average Bonchev–Trinajstić information content (AvgIpc) is 3.30. The number of carboxylic acid groups (broad SMARTS) is 1. The van der Waals surface area contributed by atoms with E-state index in [1.807, 2.05) is 12.2 Å². The molecule has 1 fully saturated rings. The van der Waals surface area contributed by atoms with Crippen molar-refractivity contribution in [2.45, 2.75) is 58.5 Å². The van der Waals surface area contributed by atoms with Crippen molar-refractivity contribution in [1.82, 2.24) is 0 Å². The number of amides is 1. The quantitative estimate of drug-likeness (QED) is 0.452. The van der Waals surface area contributed by atoms with Crippen LogP contribution in [0.1, 0.15) is 60.3 Å². The number of thiophene rings is 1. The van der Waals surface area contributed by atoms with E-state index in [9.17, 15) is 19.5 Å².